The third-order valence-corrected chi connectivity index (χ3v) is 5.37. The molecular weight excluding hydrogens is 419 g/mol. The maximum absolute atomic E-state index is 13.5. The summed E-state index contributed by atoms with van der Waals surface area (Å²) in [6.07, 6.45) is 2.08. The van der Waals surface area contributed by atoms with Crippen molar-refractivity contribution in [3.63, 3.8) is 0 Å². The van der Waals surface area contributed by atoms with Crippen molar-refractivity contribution in [2.75, 3.05) is 7.11 Å². The number of benzene rings is 1. The summed E-state index contributed by atoms with van der Waals surface area (Å²) < 4.78 is 29.3. The molecule has 0 saturated heterocycles. The lowest BCUT2D eigenvalue weighted by Crippen LogP contribution is -2.42. The van der Waals surface area contributed by atoms with Gasteiger partial charge >= 0.3 is 11.9 Å². The number of nitrogens with one attached hydrogen (secondary N) is 1. The summed E-state index contributed by atoms with van der Waals surface area (Å²) in [6, 6.07) is 5.08. The molecule has 170 valence electrons. The highest BCUT2D eigenvalue weighted by molar-refractivity contribution is 5.98. The van der Waals surface area contributed by atoms with Crippen LogP contribution in [0.4, 0.5) is 4.39 Å². The van der Waals surface area contributed by atoms with Gasteiger partial charge in [-0.3, -0.25) is 9.59 Å². The van der Waals surface area contributed by atoms with E-state index in [1.54, 1.807) is 6.07 Å². The van der Waals surface area contributed by atoms with Gasteiger partial charge in [-0.25, -0.2) is 14.2 Å². The monoisotopic (exact) mass is 444 g/mol. The molecule has 0 spiro atoms. The summed E-state index contributed by atoms with van der Waals surface area (Å²) in [5.74, 6) is -2.36. The highest BCUT2D eigenvalue weighted by Gasteiger charge is 2.31. The number of amides is 1. The smallest absolute Gasteiger partial charge is 0.328 e. The predicted molar refractivity (Wildman–Crippen MR) is 112 cm³/mol. The van der Waals surface area contributed by atoms with Gasteiger partial charge in [-0.15, -0.1) is 0 Å². The van der Waals surface area contributed by atoms with Crippen molar-refractivity contribution >= 4 is 17.8 Å². The van der Waals surface area contributed by atoms with Gasteiger partial charge in [0.25, 0.3) is 5.91 Å². The normalized spacial score (nSPS) is 18.2. The Labute approximate surface area is 185 Å². The fourth-order valence-corrected chi connectivity index (χ4v) is 3.71. The number of methoxy groups -OCH3 is 1. The second-order valence-corrected chi connectivity index (χ2v) is 7.63. The maximum Gasteiger partial charge on any atom is 0.328 e. The number of aromatic nitrogens is 1. The second kappa shape index (κ2) is 9.76. The van der Waals surface area contributed by atoms with Gasteiger partial charge in [0, 0.05) is 25.1 Å². The Morgan fingerprint density at radius 1 is 1.25 bits per heavy atom. The van der Waals surface area contributed by atoms with Gasteiger partial charge in [0.2, 0.25) is 5.75 Å². The lowest BCUT2D eigenvalue weighted by Gasteiger charge is -2.31. The van der Waals surface area contributed by atoms with E-state index in [1.165, 1.54) is 45.4 Å². The van der Waals surface area contributed by atoms with Gasteiger partial charge in [-0.2, -0.15) is 0 Å². The van der Waals surface area contributed by atoms with E-state index >= 15 is 0 Å². The number of ether oxygens (including phenoxy) is 3. The lowest BCUT2D eigenvalue weighted by molar-refractivity contribution is -0.152. The minimum absolute atomic E-state index is 0.109. The minimum atomic E-state index is -0.984. The quantitative estimate of drug-likeness (QED) is 0.683. The van der Waals surface area contributed by atoms with E-state index in [2.05, 4.69) is 10.3 Å². The first-order valence-corrected chi connectivity index (χ1v) is 10.2. The summed E-state index contributed by atoms with van der Waals surface area (Å²) >= 11 is 0. The van der Waals surface area contributed by atoms with Gasteiger partial charge in [-0.1, -0.05) is 13.0 Å². The van der Waals surface area contributed by atoms with Crippen LogP contribution in [-0.4, -0.2) is 42.1 Å². The molecule has 0 fully saturated rings. The van der Waals surface area contributed by atoms with Crippen molar-refractivity contribution in [2.24, 2.45) is 0 Å². The summed E-state index contributed by atoms with van der Waals surface area (Å²) in [5, 5.41) is 2.52. The first-order chi connectivity index (χ1) is 15.2. The molecule has 9 heteroatoms. The molecule has 1 amide bonds. The fraction of sp³-hybridized carbons (Fsp3) is 0.391. The number of rotatable bonds is 6. The fourth-order valence-electron chi connectivity index (χ4n) is 3.71. The molecule has 1 aliphatic carbocycles. The second-order valence-electron chi connectivity index (χ2n) is 7.63. The SMILES string of the molecule is COc1ccnc(C(=O)N[C@@H](C)C(=O)O[C@H]2CCc3cc(F)ccc3[C@@H]2C)c1OC(C)=O. The Bertz CT molecular complexity index is 1040. The standard InChI is InChI=1S/C23H25FN2O6/c1-12-17-7-6-16(24)11-15(17)5-8-18(12)32-23(29)13(2)26-22(28)20-21(31-14(3)27)19(30-4)9-10-25-20/h6-7,9-13,18H,5,8H2,1-4H3,(H,26,28)/t12-,13-,18-/m0/s1. The van der Waals surface area contributed by atoms with Gasteiger partial charge < -0.3 is 19.5 Å². The first kappa shape index (κ1) is 23.2. The van der Waals surface area contributed by atoms with Crippen LogP contribution >= 0.6 is 0 Å². The van der Waals surface area contributed by atoms with Crippen molar-refractivity contribution in [3.05, 3.63) is 53.1 Å². The Morgan fingerprint density at radius 2 is 2.00 bits per heavy atom. The topological polar surface area (TPSA) is 104 Å². The van der Waals surface area contributed by atoms with Gasteiger partial charge in [0.05, 0.1) is 7.11 Å². The molecule has 0 saturated carbocycles. The van der Waals surface area contributed by atoms with E-state index in [4.69, 9.17) is 14.2 Å². The van der Waals surface area contributed by atoms with E-state index < -0.39 is 30.0 Å². The molecule has 32 heavy (non-hydrogen) atoms. The zero-order chi connectivity index (χ0) is 23.4. The molecule has 3 atom stereocenters. The van der Waals surface area contributed by atoms with Crippen LogP contribution in [-0.2, 0) is 20.7 Å². The highest BCUT2D eigenvalue weighted by Crippen LogP contribution is 2.34. The third-order valence-electron chi connectivity index (χ3n) is 5.37. The van der Waals surface area contributed by atoms with Crippen molar-refractivity contribution in [2.45, 2.75) is 51.7 Å². The first-order valence-electron chi connectivity index (χ1n) is 10.2. The summed E-state index contributed by atoms with van der Waals surface area (Å²) in [7, 11) is 1.36. The van der Waals surface area contributed by atoms with E-state index in [9.17, 15) is 18.8 Å². The van der Waals surface area contributed by atoms with Crippen molar-refractivity contribution in [1.82, 2.24) is 10.3 Å². The van der Waals surface area contributed by atoms with Crippen LogP contribution in [0.5, 0.6) is 11.5 Å². The number of esters is 2. The van der Waals surface area contributed by atoms with Crippen LogP contribution in [0.2, 0.25) is 0 Å². The number of nitrogens with zero attached hydrogens (tertiary/aromatic N) is 1. The third kappa shape index (κ3) is 5.04. The Hall–Kier alpha value is -3.49. The van der Waals surface area contributed by atoms with Crippen LogP contribution in [0.15, 0.2) is 30.5 Å². The molecule has 8 nitrogen and oxygen atoms in total. The molecule has 2 aromatic rings. The van der Waals surface area contributed by atoms with E-state index in [0.717, 1.165) is 11.1 Å². The van der Waals surface area contributed by atoms with Crippen LogP contribution in [0, 0.1) is 5.82 Å². The van der Waals surface area contributed by atoms with E-state index in [0.29, 0.717) is 12.8 Å². The van der Waals surface area contributed by atoms with Gasteiger partial charge in [0.1, 0.15) is 18.0 Å². The largest absolute Gasteiger partial charge is 0.493 e. The molecule has 1 N–H and O–H groups in total. The number of fused-ring (bicyclic) bond motifs is 1. The Kier molecular flexibility index (Phi) is 7.07. The minimum Gasteiger partial charge on any atom is -0.493 e. The molecule has 3 rings (SSSR count). The lowest BCUT2D eigenvalue weighted by atomic mass is 9.82. The molecule has 0 radical (unpaired) electrons. The predicted octanol–water partition coefficient (Wildman–Crippen LogP) is 2.93. The van der Waals surface area contributed by atoms with Gasteiger partial charge in [0.15, 0.2) is 11.4 Å². The number of carbonyl (C=O) groups is 3. The summed E-state index contributed by atoms with van der Waals surface area (Å²) in [4.78, 5) is 40.7. The van der Waals surface area contributed by atoms with Crippen molar-refractivity contribution in [3.8, 4) is 11.5 Å². The molecule has 0 unspecified atom stereocenters. The van der Waals surface area contributed by atoms with Crippen molar-refractivity contribution < 1.29 is 33.0 Å². The average Bonchev–Trinajstić information content (AvgIpc) is 2.75. The number of halogens is 1. The Balaban J connectivity index is 1.68. The molecular formula is C23H25FN2O6. The number of aryl methyl sites for hydroxylation is 1. The number of hydrogen-bond acceptors (Lipinski definition) is 7. The Morgan fingerprint density at radius 3 is 2.69 bits per heavy atom. The van der Waals surface area contributed by atoms with E-state index in [1.807, 2.05) is 6.92 Å². The number of carbonyl (C=O) groups excluding carboxylic acids is 3. The van der Waals surface area contributed by atoms with E-state index in [-0.39, 0.29) is 28.9 Å². The molecule has 1 aromatic heterocycles. The molecule has 1 aliphatic rings. The van der Waals surface area contributed by atoms with Crippen molar-refractivity contribution in [1.29, 1.82) is 0 Å². The van der Waals surface area contributed by atoms with Crippen LogP contribution in [0.3, 0.4) is 0 Å². The van der Waals surface area contributed by atoms with Gasteiger partial charge in [-0.05, 0) is 43.0 Å². The zero-order valence-corrected chi connectivity index (χ0v) is 18.3. The van der Waals surface area contributed by atoms with Crippen LogP contribution in [0.1, 0.15) is 54.7 Å². The zero-order valence-electron chi connectivity index (χ0n) is 18.3. The number of pyridine rings is 1. The molecule has 1 aromatic carbocycles. The summed E-state index contributed by atoms with van der Waals surface area (Å²) in [6.45, 7) is 4.59. The molecule has 0 aliphatic heterocycles. The average molecular weight is 444 g/mol. The maximum atomic E-state index is 13.5. The molecule has 0 bridgehead atoms. The highest BCUT2D eigenvalue weighted by atomic mass is 19.1. The molecule has 1 heterocycles. The summed E-state index contributed by atoms with van der Waals surface area (Å²) in [5.41, 5.74) is 1.66. The van der Waals surface area contributed by atoms with Crippen LogP contribution in [0.25, 0.3) is 0 Å². The van der Waals surface area contributed by atoms with Crippen LogP contribution < -0.4 is 14.8 Å². The number of hydrogen-bond donors (Lipinski definition) is 1.